The average molecular weight is 290 g/mol. The van der Waals surface area contributed by atoms with E-state index in [1.165, 1.54) is 26.3 Å². The molecule has 0 saturated carbocycles. The zero-order valence-corrected chi connectivity index (χ0v) is 11.8. The standard InChI is InChI=1S/C10H14N2O4S2/c1-8-4-6-9(7-5-8)18(14,15)12(2)11-17-10(13)16-3/h4-7,11H,1-3H3. The molecule has 0 unspecified atom stereocenters. The number of hydrogen-bond donors (Lipinski definition) is 1. The number of carbonyl (C=O) groups is 1. The van der Waals surface area contributed by atoms with Crippen molar-refractivity contribution in [3.8, 4) is 0 Å². The minimum absolute atomic E-state index is 0.147. The molecule has 1 aromatic rings. The van der Waals surface area contributed by atoms with Gasteiger partial charge in [0, 0.05) is 7.05 Å². The average Bonchev–Trinajstić information content (AvgIpc) is 2.35. The van der Waals surface area contributed by atoms with E-state index in [2.05, 4.69) is 9.57 Å². The molecule has 6 nitrogen and oxygen atoms in total. The Hall–Kier alpha value is -1.09. The molecule has 1 N–H and O–H groups in total. The van der Waals surface area contributed by atoms with Gasteiger partial charge < -0.3 is 4.74 Å². The predicted molar refractivity (Wildman–Crippen MR) is 69.3 cm³/mol. The van der Waals surface area contributed by atoms with Crippen LogP contribution in [0.4, 0.5) is 4.79 Å². The highest BCUT2D eigenvalue weighted by Crippen LogP contribution is 2.15. The molecule has 0 amide bonds. The fraction of sp³-hybridized carbons (Fsp3) is 0.300. The first-order chi connectivity index (χ1) is 8.37. The highest BCUT2D eigenvalue weighted by atomic mass is 32.2. The number of hydrogen-bond acceptors (Lipinski definition) is 6. The summed E-state index contributed by atoms with van der Waals surface area (Å²) in [5.41, 5.74) is 0.966. The zero-order valence-electron chi connectivity index (χ0n) is 10.2. The number of sulfonamides is 1. The van der Waals surface area contributed by atoms with Crippen LogP contribution in [0.3, 0.4) is 0 Å². The van der Waals surface area contributed by atoms with Crippen molar-refractivity contribution in [1.82, 2.24) is 9.25 Å². The van der Waals surface area contributed by atoms with E-state index < -0.39 is 15.3 Å². The lowest BCUT2D eigenvalue weighted by Gasteiger charge is -2.16. The molecule has 0 fully saturated rings. The topological polar surface area (TPSA) is 75.7 Å². The summed E-state index contributed by atoms with van der Waals surface area (Å²) < 4.78 is 29.3. The molecular weight excluding hydrogens is 276 g/mol. The molecule has 0 radical (unpaired) electrons. The van der Waals surface area contributed by atoms with Gasteiger partial charge in [-0.05, 0) is 19.1 Å². The summed E-state index contributed by atoms with van der Waals surface area (Å²) in [6.45, 7) is 1.87. The van der Waals surface area contributed by atoms with E-state index in [-0.39, 0.29) is 4.90 Å². The fourth-order valence-electron chi connectivity index (χ4n) is 1.06. The van der Waals surface area contributed by atoms with Gasteiger partial charge in [0.25, 0.3) is 10.0 Å². The van der Waals surface area contributed by atoms with Gasteiger partial charge in [-0.2, -0.15) is 4.83 Å². The first-order valence-corrected chi connectivity index (χ1v) is 7.19. The van der Waals surface area contributed by atoms with Crippen molar-refractivity contribution >= 4 is 27.3 Å². The maximum atomic E-state index is 12.0. The van der Waals surface area contributed by atoms with Crippen molar-refractivity contribution in [2.24, 2.45) is 0 Å². The molecule has 0 aromatic heterocycles. The van der Waals surface area contributed by atoms with E-state index in [1.54, 1.807) is 12.1 Å². The van der Waals surface area contributed by atoms with Crippen LogP contribution in [0.1, 0.15) is 5.56 Å². The van der Waals surface area contributed by atoms with Crippen molar-refractivity contribution in [1.29, 1.82) is 0 Å². The van der Waals surface area contributed by atoms with Gasteiger partial charge in [-0.15, -0.1) is 4.41 Å². The van der Waals surface area contributed by atoms with Gasteiger partial charge in [0.2, 0.25) is 0 Å². The minimum atomic E-state index is -3.67. The third-order valence-corrected chi connectivity index (χ3v) is 4.60. The predicted octanol–water partition coefficient (Wildman–Crippen LogP) is 1.53. The third kappa shape index (κ3) is 3.70. The van der Waals surface area contributed by atoms with Crippen LogP contribution in [-0.2, 0) is 14.8 Å². The van der Waals surface area contributed by atoms with E-state index in [0.717, 1.165) is 9.98 Å². The van der Waals surface area contributed by atoms with Crippen LogP contribution in [0.25, 0.3) is 0 Å². The van der Waals surface area contributed by atoms with E-state index in [4.69, 9.17) is 0 Å². The number of methoxy groups -OCH3 is 1. The number of nitrogens with zero attached hydrogens (tertiary/aromatic N) is 1. The lowest BCUT2D eigenvalue weighted by atomic mass is 10.2. The van der Waals surface area contributed by atoms with Crippen molar-refractivity contribution in [3.63, 3.8) is 0 Å². The Kier molecular flexibility index (Phi) is 5.15. The van der Waals surface area contributed by atoms with Gasteiger partial charge in [-0.3, -0.25) is 0 Å². The Morgan fingerprint density at radius 2 is 1.89 bits per heavy atom. The molecule has 8 heteroatoms. The molecule has 0 bridgehead atoms. The molecule has 0 aliphatic heterocycles. The van der Waals surface area contributed by atoms with Crippen LogP contribution < -0.4 is 4.83 Å². The zero-order chi connectivity index (χ0) is 13.8. The van der Waals surface area contributed by atoms with Crippen molar-refractivity contribution < 1.29 is 17.9 Å². The Morgan fingerprint density at radius 1 is 1.33 bits per heavy atom. The second kappa shape index (κ2) is 6.19. The van der Waals surface area contributed by atoms with Crippen LogP contribution in [0.2, 0.25) is 0 Å². The van der Waals surface area contributed by atoms with E-state index in [1.807, 2.05) is 6.92 Å². The highest BCUT2D eigenvalue weighted by molar-refractivity contribution is 8.11. The fourth-order valence-corrected chi connectivity index (χ4v) is 2.65. The minimum Gasteiger partial charge on any atom is -0.460 e. The maximum Gasteiger partial charge on any atom is 0.383 e. The van der Waals surface area contributed by atoms with Crippen LogP contribution in [-0.4, -0.2) is 32.3 Å². The van der Waals surface area contributed by atoms with Gasteiger partial charge in [-0.1, -0.05) is 17.7 Å². The van der Waals surface area contributed by atoms with Gasteiger partial charge in [0.1, 0.15) is 0 Å². The summed E-state index contributed by atoms with van der Waals surface area (Å²) in [5, 5.41) is -0.624. The number of benzene rings is 1. The molecule has 1 rings (SSSR count). The SMILES string of the molecule is COC(=O)SNN(C)S(=O)(=O)c1ccc(C)cc1. The van der Waals surface area contributed by atoms with Crippen molar-refractivity contribution in [2.75, 3.05) is 14.2 Å². The smallest absolute Gasteiger partial charge is 0.383 e. The largest absolute Gasteiger partial charge is 0.460 e. The van der Waals surface area contributed by atoms with Gasteiger partial charge in [-0.25, -0.2) is 13.2 Å². The first kappa shape index (κ1) is 15.0. The van der Waals surface area contributed by atoms with Gasteiger partial charge >= 0.3 is 5.30 Å². The first-order valence-electron chi connectivity index (χ1n) is 4.94. The third-order valence-electron chi connectivity index (χ3n) is 2.10. The molecule has 0 heterocycles. The Labute approximate surface area is 110 Å². The Balaban J connectivity index is 2.80. The molecular formula is C10H14N2O4S2. The van der Waals surface area contributed by atoms with Crippen LogP contribution in [0.5, 0.6) is 0 Å². The lowest BCUT2D eigenvalue weighted by Crippen LogP contribution is -2.36. The number of rotatable bonds is 4. The van der Waals surface area contributed by atoms with Crippen molar-refractivity contribution in [3.05, 3.63) is 29.8 Å². The number of ether oxygens (including phenoxy) is 1. The second-order valence-electron chi connectivity index (χ2n) is 3.43. The highest BCUT2D eigenvalue weighted by Gasteiger charge is 2.21. The molecule has 100 valence electrons. The molecule has 1 aromatic carbocycles. The van der Waals surface area contributed by atoms with E-state index in [9.17, 15) is 13.2 Å². The summed E-state index contributed by atoms with van der Waals surface area (Å²) in [7, 11) is -1.14. The monoisotopic (exact) mass is 290 g/mol. The number of aryl methyl sites for hydroxylation is 1. The number of nitrogens with one attached hydrogen (secondary N) is 1. The number of hydrazine groups is 1. The molecule has 0 spiro atoms. The lowest BCUT2D eigenvalue weighted by molar-refractivity contribution is 0.200. The molecule has 18 heavy (non-hydrogen) atoms. The van der Waals surface area contributed by atoms with Crippen LogP contribution in [0, 0.1) is 6.92 Å². The molecule has 0 aliphatic rings. The summed E-state index contributed by atoms with van der Waals surface area (Å²) in [6.07, 6.45) is 0. The molecule has 0 aliphatic carbocycles. The van der Waals surface area contributed by atoms with Crippen LogP contribution >= 0.6 is 11.9 Å². The normalized spacial score (nSPS) is 11.6. The van der Waals surface area contributed by atoms with E-state index in [0.29, 0.717) is 11.9 Å². The summed E-state index contributed by atoms with van der Waals surface area (Å²) in [6, 6.07) is 6.42. The van der Waals surface area contributed by atoms with Crippen LogP contribution in [0.15, 0.2) is 29.2 Å². The Morgan fingerprint density at radius 3 is 2.39 bits per heavy atom. The Bertz CT molecular complexity index is 513. The maximum absolute atomic E-state index is 12.0. The van der Waals surface area contributed by atoms with E-state index >= 15 is 0 Å². The molecule has 0 saturated heterocycles. The quantitative estimate of drug-likeness (QED) is 0.515. The summed E-state index contributed by atoms with van der Waals surface area (Å²) in [4.78, 5) is 13.4. The summed E-state index contributed by atoms with van der Waals surface area (Å²) >= 11 is 0.545. The van der Waals surface area contributed by atoms with Crippen molar-refractivity contribution in [2.45, 2.75) is 11.8 Å². The van der Waals surface area contributed by atoms with Gasteiger partial charge in [0.05, 0.1) is 24.0 Å². The second-order valence-corrected chi connectivity index (χ2v) is 6.12. The van der Waals surface area contributed by atoms with Gasteiger partial charge in [0.15, 0.2) is 0 Å². The number of carbonyl (C=O) groups excluding carboxylic acids is 1. The summed E-state index contributed by atoms with van der Waals surface area (Å²) in [5.74, 6) is 0. The molecule has 0 atom stereocenters.